The SMILES string of the molecule is CCOCCC(O)(CC)C(C)O. The molecule has 12 heavy (non-hydrogen) atoms. The van der Waals surface area contributed by atoms with E-state index in [9.17, 15) is 10.2 Å². The van der Waals surface area contributed by atoms with Gasteiger partial charge in [0.2, 0.25) is 0 Å². The first-order valence-electron chi connectivity index (χ1n) is 4.55. The second kappa shape index (κ2) is 5.51. The summed E-state index contributed by atoms with van der Waals surface area (Å²) in [6.45, 7) is 6.53. The van der Waals surface area contributed by atoms with E-state index in [-0.39, 0.29) is 0 Å². The van der Waals surface area contributed by atoms with Crippen LogP contribution < -0.4 is 0 Å². The number of rotatable bonds is 6. The molecule has 74 valence electrons. The molecule has 2 N–H and O–H groups in total. The summed E-state index contributed by atoms with van der Waals surface area (Å²) >= 11 is 0. The van der Waals surface area contributed by atoms with Crippen molar-refractivity contribution in [2.24, 2.45) is 0 Å². The summed E-state index contributed by atoms with van der Waals surface area (Å²) < 4.78 is 5.11. The minimum Gasteiger partial charge on any atom is -0.390 e. The monoisotopic (exact) mass is 176 g/mol. The number of hydrogen-bond acceptors (Lipinski definition) is 3. The molecule has 3 heteroatoms. The number of ether oxygens (including phenoxy) is 1. The van der Waals surface area contributed by atoms with Crippen LogP contribution in [0, 0.1) is 0 Å². The van der Waals surface area contributed by atoms with Gasteiger partial charge in [-0.2, -0.15) is 0 Å². The maximum atomic E-state index is 9.79. The van der Waals surface area contributed by atoms with Crippen molar-refractivity contribution in [3.8, 4) is 0 Å². The van der Waals surface area contributed by atoms with E-state index in [1.54, 1.807) is 6.92 Å². The molecule has 0 saturated heterocycles. The molecular weight excluding hydrogens is 156 g/mol. The maximum absolute atomic E-state index is 9.79. The van der Waals surface area contributed by atoms with Crippen molar-refractivity contribution >= 4 is 0 Å². The van der Waals surface area contributed by atoms with Crippen molar-refractivity contribution < 1.29 is 14.9 Å². The van der Waals surface area contributed by atoms with Crippen molar-refractivity contribution in [1.29, 1.82) is 0 Å². The summed E-state index contributed by atoms with van der Waals surface area (Å²) in [6, 6.07) is 0. The Morgan fingerprint density at radius 1 is 1.42 bits per heavy atom. The Hall–Kier alpha value is -0.120. The molecule has 0 fully saturated rings. The Kier molecular flexibility index (Phi) is 5.46. The van der Waals surface area contributed by atoms with Crippen LogP contribution in [0.15, 0.2) is 0 Å². The first-order chi connectivity index (χ1) is 5.56. The van der Waals surface area contributed by atoms with Gasteiger partial charge in [0.05, 0.1) is 11.7 Å². The van der Waals surface area contributed by atoms with Crippen LogP contribution in [0.4, 0.5) is 0 Å². The lowest BCUT2D eigenvalue weighted by atomic mass is 9.91. The van der Waals surface area contributed by atoms with Crippen LogP contribution in [0.25, 0.3) is 0 Å². The minimum atomic E-state index is -0.977. The molecule has 0 aliphatic rings. The summed E-state index contributed by atoms with van der Waals surface area (Å²) in [7, 11) is 0. The van der Waals surface area contributed by atoms with E-state index in [1.807, 2.05) is 13.8 Å². The van der Waals surface area contributed by atoms with Crippen molar-refractivity contribution in [2.45, 2.75) is 45.3 Å². The highest BCUT2D eigenvalue weighted by atomic mass is 16.5. The van der Waals surface area contributed by atoms with Crippen molar-refractivity contribution in [1.82, 2.24) is 0 Å². The lowest BCUT2D eigenvalue weighted by Crippen LogP contribution is -2.40. The second-order valence-corrected chi connectivity index (χ2v) is 3.08. The van der Waals surface area contributed by atoms with Crippen LogP contribution in [0.1, 0.15) is 33.6 Å². The standard InChI is InChI=1S/C9H20O3/c1-4-9(11,8(3)10)6-7-12-5-2/h8,10-11H,4-7H2,1-3H3. The third-order valence-electron chi connectivity index (χ3n) is 2.27. The second-order valence-electron chi connectivity index (χ2n) is 3.08. The highest BCUT2D eigenvalue weighted by Crippen LogP contribution is 2.19. The average molecular weight is 176 g/mol. The predicted molar refractivity (Wildman–Crippen MR) is 48.0 cm³/mol. The molecule has 0 aromatic heterocycles. The van der Waals surface area contributed by atoms with Crippen molar-refractivity contribution in [3.63, 3.8) is 0 Å². The van der Waals surface area contributed by atoms with Gasteiger partial charge in [-0.1, -0.05) is 6.92 Å². The minimum absolute atomic E-state index is 0.495. The summed E-state index contributed by atoms with van der Waals surface area (Å²) in [5.74, 6) is 0. The predicted octanol–water partition coefficient (Wildman–Crippen LogP) is 0.935. The highest BCUT2D eigenvalue weighted by Gasteiger charge is 2.29. The molecule has 0 saturated carbocycles. The fourth-order valence-corrected chi connectivity index (χ4v) is 1.07. The molecule has 0 rings (SSSR count). The largest absolute Gasteiger partial charge is 0.390 e. The van der Waals surface area contributed by atoms with Gasteiger partial charge >= 0.3 is 0 Å². The molecule has 0 aliphatic heterocycles. The molecule has 3 nitrogen and oxygen atoms in total. The molecule has 0 spiro atoms. The van der Waals surface area contributed by atoms with Crippen LogP contribution >= 0.6 is 0 Å². The Labute approximate surface area is 74.4 Å². The molecule has 2 atom stereocenters. The van der Waals surface area contributed by atoms with Gasteiger partial charge < -0.3 is 14.9 Å². The first kappa shape index (κ1) is 11.9. The zero-order chi connectivity index (χ0) is 9.61. The molecular formula is C9H20O3. The first-order valence-corrected chi connectivity index (χ1v) is 4.55. The van der Waals surface area contributed by atoms with E-state index in [4.69, 9.17) is 4.74 Å². The van der Waals surface area contributed by atoms with Crippen molar-refractivity contribution in [3.05, 3.63) is 0 Å². The fraction of sp³-hybridized carbons (Fsp3) is 1.00. The number of aliphatic hydroxyl groups is 2. The van der Waals surface area contributed by atoms with Crippen molar-refractivity contribution in [2.75, 3.05) is 13.2 Å². The van der Waals surface area contributed by atoms with Crippen LogP contribution in [0.5, 0.6) is 0 Å². The summed E-state index contributed by atoms with van der Waals surface area (Å²) in [5, 5.41) is 19.1. The van der Waals surface area contributed by atoms with E-state index >= 15 is 0 Å². The van der Waals surface area contributed by atoms with Gasteiger partial charge in [-0.25, -0.2) is 0 Å². The quantitative estimate of drug-likeness (QED) is 0.592. The van der Waals surface area contributed by atoms with Crippen LogP contribution in [0.3, 0.4) is 0 Å². The molecule has 0 aromatic carbocycles. The molecule has 0 aromatic rings. The van der Waals surface area contributed by atoms with E-state index in [2.05, 4.69) is 0 Å². The Balaban J connectivity index is 3.80. The molecule has 0 aliphatic carbocycles. The Morgan fingerprint density at radius 2 is 2.00 bits per heavy atom. The smallest absolute Gasteiger partial charge is 0.0922 e. The van der Waals surface area contributed by atoms with Gasteiger partial charge in [-0.3, -0.25) is 0 Å². The molecule has 0 amide bonds. The van der Waals surface area contributed by atoms with Crippen LogP contribution in [0.2, 0.25) is 0 Å². The van der Waals surface area contributed by atoms with Gasteiger partial charge in [-0.15, -0.1) is 0 Å². The van der Waals surface area contributed by atoms with Gasteiger partial charge in [-0.05, 0) is 20.3 Å². The Morgan fingerprint density at radius 3 is 2.33 bits per heavy atom. The normalized spacial score (nSPS) is 18.8. The third-order valence-corrected chi connectivity index (χ3v) is 2.27. The number of hydrogen-bond donors (Lipinski definition) is 2. The fourth-order valence-electron chi connectivity index (χ4n) is 1.07. The summed E-state index contributed by atoms with van der Waals surface area (Å²) in [5.41, 5.74) is -0.977. The van der Waals surface area contributed by atoms with Gasteiger partial charge in [0.1, 0.15) is 0 Å². The highest BCUT2D eigenvalue weighted by molar-refractivity contribution is 4.81. The van der Waals surface area contributed by atoms with Gasteiger partial charge in [0.15, 0.2) is 0 Å². The lowest BCUT2D eigenvalue weighted by Gasteiger charge is -2.29. The van der Waals surface area contributed by atoms with Gasteiger partial charge in [0.25, 0.3) is 0 Å². The summed E-state index contributed by atoms with van der Waals surface area (Å²) in [4.78, 5) is 0. The summed E-state index contributed by atoms with van der Waals surface area (Å²) in [6.07, 6.45) is 0.357. The average Bonchev–Trinajstić information content (AvgIpc) is 2.04. The van der Waals surface area contributed by atoms with E-state index in [0.29, 0.717) is 26.1 Å². The zero-order valence-corrected chi connectivity index (χ0v) is 8.21. The zero-order valence-electron chi connectivity index (χ0n) is 8.21. The molecule has 0 radical (unpaired) electrons. The van der Waals surface area contributed by atoms with E-state index < -0.39 is 11.7 Å². The van der Waals surface area contributed by atoms with Crippen LogP contribution in [-0.4, -0.2) is 35.1 Å². The van der Waals surface area contributed by atoms with E-state index in [0.717, 1.165) is 0 Å². The van der Waals surface area contributed by atoms with Gasteiger partial charge in [0, 0.05) is 19.6 Å². The molecule has 0 heterocycles. The molecule has 0 bridgehead atoms. The molecule has 2 unspecified atom stereocenters. The van der Waals surface area contributed by atoms with Crippen LogP contribution in [-0.2, 0) is 4.74 Å². The lowest BCUT2D eigenvalue weighted by molar-refractivity contribution is -0.0859. The van der Waals surface area contributed by atoms with E-state index in [1.165, 1.54) is 0 Å². The number of aliphatic hydroxyl groups excluding tert-OH is 1. The third kappa shape index (κ3) is 3.52. The topological polar surface area (TPSA) is 49.7 Å². The Bertz CT molecular complexity index is 114. The maximum Gasteiger partial charge on any atom is 0.0922 e.